The molecular weight excluding hydrogens is 224 g/mol. The fourth-order valence-corrected chi connectivity index (χ4v) is 1.85. The van der Waals surface area contributed by atoms with Gasteiger partial charge in [-0.25, -0.2) is 0 Å². The molecule has 2 N–H and O–H groups in total. The number of nitrogens with two attached hydrogens (primary N) is 1. The molecule has 4 heteroatoms. The monoisotopic (exact) mass is 242 g/mol. The third kappa shape index (κ3) is 3.03. The topological polar surface area (TPSA) is 38.5 Å². The molecule has 0 aliphatic carbocycles. The molecule has 0 saturated heterocycles. The van der Waals surface area contributed by atoms with Gasteiger partial charge in [-0.1, -0.05) is 11.6 Å². The minimum absolute atomic E-state index is 0.357. The van der Waals surface area contributed by atoms with E-state index in [9.17, 15) is 0 Å². The predicted octanol–water partition coefficient (Wildman–Crippen LogP) is 2.52. The third-order valence-corrected chi connectivity index (χ3v) is 2.68. The van der Waals surface area contributed by atoms with Gasteiger partial charge in [0, 0.05) is 24.2 Å². The first-order valence-electron chi connectivity index (χ1n) is 5.40. The molecule has 0 unspecified atom stereocenters. The van der Waals surface area contributed by atoms with Crippen LogP contribution >= 0.6 is 11.6 Å². The van der Waals surface area contributed by atoms with Gasteiger partial charge in [-0.05, 0) is 32.0 Å². The van der Waals surface area contributed by atoms with Crippen LogP contribution in [-0.4, -0.2) is 26.2 Å². The van der Waals surface area contributed by atoms with Crippen LogP contribution in [0.15, 0.2) is 18.2 Å². The lowest BCUT2D eigenvalue weighted by Crippen LogP contribution is -2.35. The highest BCUT2D eigenvalue weighted by atomic mass is 35.5. The summed E-state index contributed by atoms with van der Waals surface area (Å²) in [4.78, 5) is 2.19. The maximum Gasteiger partial charge on any atom is 0.142 e. The van der Waals surface area contributed by atoms with E-state index in [1.165, 1.54) is 0 Å². The van der Waals surface area contributed by atoms with E-state index in [-0.39, 0.29) is 0 Å². The first-order valence-corrected chi connectivity index (χ1v) is 5.78. The number of rotatable bonds is 5. The Hall–Kier alpha value is -0.930. The van der Waals surface area contributed by atoms with Gasteiger partial charge >= 0.3 is 0 Å². The minimum atomic E-state index is 0.357. The van der Waals surface area contributed by atoms with Crippen molar-refractivity contribution in [3.63, 3.8) is 0 Å². The van der Waals surface area contributed by atoms with Crippen LogP contribution in [0.25, 0.3) is 0 Å². The van der Waals surface area contributed by atoms with E-state index < -0.39 is 0 Å². The smallest absolute Gasteiger partial charge is 0.142 e. The highest BCUT2D eigenvalue weighted by Crippen LogP contribution is 2.32. The Morgan fingerprint density at radius 3 is 2.62 bits per heavy atom. The molecule has 3 nitrogen and oxygen atoms in total. The third-order valence-electron chi connectivity index (χ3n) is 2.44. The van der Waals surface area contributed by atoms with Crippen LogP contribution in [0.1, 0.15) is 13.8 Å². The average Bonchev–Trinajstić information content (AvgIpc) is 2.25. The second-order valence-electron chi connectivity index (χ2n) is 3.89. The van der Waals surface area contributed by atoms with Crippen molar-refractivity contribution >= 4 is 17.3 Å². The van der Waals surface area contributed by atoms with Crippen LogP contribution in [0, 0.1) is 0 Å². The Labute approximate surface area is 102 Å². The summed E-state index contributed by atoms with van der Waals surface area (Å²) in [5.41, 5.74) is 6.61. The van der Waals surface area contributed by atoms with Crippen molar-refractivity contribution < 1.29 is 4.74 Å². The number of ether oxygens (including phenoxy) is 1. The average molecular weight is 243 g/mol. The SMILES string of the molecule is COc1ccc(Cl)cc1N(CCN)C(C)C. The highest BCUT2D eigenvalue weighted by molar-refractivity contribution is 6.30. The Bertz CT molecular complexity index is 342. The number of anilines is 1. The molecule has 1 aromatic rings. The molecule has 0 radical (unpaired) electrons. The van der Waals surface area contributed by atoms with Gasteiger partial charge in [0.15, 0.2) is 0 Å². The van der Waals surface area contributed by atoms with Crippen molar-refractivity contribution in [1.29, 1.82) is 0 Å². The molecule has 0 amide bonds. The van der Waals surface area contributed by atoms with Crippen molar-refractivity contribution in [2.75, 3.05) is 25.1 Å². The number of hydrogen-bond acceptors (Lipinski definition) is 3. The molecule has 0 spiro atoms. The van der Waals surface area contributed by atoms with Crippen molar-refractivity contribution in [2.24, 2.45) is 5.73 Å². The minimum Gasteiger partial charge on any atom is -0.495 e. The summed E-state index contributed by atoms with van der Waals surface area (Å²) in [6.07, 6.45) is 0. The van der Waals surface area contributed by atoms with Gasteiger partial charge in [-0.15, -0.1) is 0 Å². The number of nitrogens with zero attached hydrogens (tertiary/aromatic N) is 1. The molecule has 1 aromatic carbocycles. The van der Waals surface area contributed by atoms with E-state index in [0.717, 1.165) is 18.0 Å². The van der Waals surface area contributed by atoms with E-state index in [1.54, 1.807) is 7.11 Å². The molecule has 0 aromatic heterocycles. The second kappa shape index (κ2) is 5.97. The fourth-order valence-electron chi connectivity index (χ4n) is 1.68. The maximum absolute atomic E-state index is 6.01. The highest BCUT2D eigenvalue weighted by Gasteiger charge is 2.14. The van der Waals surface area contributed by atoms with E-state index >= 15 is 0 Å². The van der Waals surface area contributed by atoms with Gasteiger partial charge in [0.1, 0.15) is 5.75 Å². The molecule has 0 aliphatic heterocycles. The lowest BCUT2D eigenvalue weighted by Gasteiger charge is -2.30. The van der Waals surface area contributed by atoms with Crippen LogP contribution in [-0.2, 0) is 0 Å². The predicted molar refractivity (Wildman–Crippen MR) is 69.5 cm³/mol. The van der Waals surface area contributed by atoms with Crippen LogP contribution in [0.4, 0.5) is 5.69 Å². The summed E-state index contributed by atoms with van der Waals surface area (Å²) in [5.74, 6) is 0.826. The fraction of sp³-hybridized carbons (Fsp3) is 0.500. The second-order valence-corrected chi connectivity index (χ2v) is 4.33. The maximum atomic E-state index is 6.01. The molecule has 0 saturated carbocycles. The number of benzene rings is 1. The van der Waals surface area contributed by atoms with E-state index in [1.807, 2.05) is 18.2 Å². The van der Waals surface area contributed by atoms with E-state index in [0.29, 0.717) is 17.6 Å². The Balaban J connectivity index is 3.10. The number of hydrogen-bond donors (Lipinski definition) is 1. The largest absolute Gasteiger partial charge is 0.495 e. The van der Waals surface area contributed by atoms with Crippen molar-refractivity contribution in [3.8, 4) is 5.75 Å². The van der Waals surface area contributed by atoms with Gasteiger partial charge in [0.2, 0.25) is 0 Å². The van der Waals surface area contributed by atoms with Crippen molar-refractivity contribution in [3.05, 3.63) is 23.2 Å². The molecule has 0 bridgehead atoms. The van der Waals surface area contributed by atoms with Crippen LogP contribution < -0.4 is 15.4 Å². The molecule has 0 atom stereocenters. The lowest BCUT2D eigenvalue weighted by molar-refractivity contribution is 0.413. The number of halogens is 1. The summed E-state index contributed by atoms with van der Waals surface area (Å²) >= 11 is 6.01. The first-order chi connectivity index (χ1) is 7.60. The van der Waals surface area contributed by atoms with Gasteiger partial charge in [-0.2, -0.15) is 0 Å². The summed E-state index contributed by atoms with van der Waals surface area (Å²) < 4.78 is 5.34. The van der Waals surface area contributed by atoms with Gasteiger partial charge < -0.3 is 15.4 Å². The molecule has 0 fully saturated rings. The quantitative estimate of drug-likeness (QED) is 0.863. The van der Waals surface area contributed by atoms with Crippen LogP contribution in [0.3, 0.4) is 0 Å². The Morgan fingerprint density at radius 2 is 2.12 bits per heavy atom. The molecule has 0 heterocycles. The summed E-state index contributed by atoms with van der Waals surface area (Å²) in [6.45, 7) is 5.63. The van der Waals surface area contributed by atoms with Crippen LogP contribution in [0.2, 0.25) is 5.02 Å². The normalized spacial score (nSPS) is 10.6. The van der Waals surface area contributed by atoms with Crippen molar-refractivity contribution in [1.82, 2.24) is 0 Å². The first kappa shape index (κ1) is 13.1. The summed E-state index contributed by atoms with van der Waals surface area (Å²) in [7, 11) is 1.66. The molecular formula is C12H19ClN2O. The zero-order valence-corrected chi connectivity index (χ0v) is 10.8. The zero-order chi connectivity index (χ0) is 12.1. The van der Waals surface area contributed by atoms with Crippen molar-refractivity contribution in [2.45, 2.75) is 19.9 Å². The molecule has 16 heavy (non-hydrogen) atoms. The molecule has 90 valence electrons. The van der Waals surface area contributed by atoms with Crippen LogP contribution in [0.5, 0.6) is 5.75 Å². The Kier molecular flexibility index (Phi) is 4.90. The number of methoxy groups -OCH3 is 1. The van der Waals surface area contributed by atoms with E-state index in [2.05, 4.69) is 18.7 Å². The standard InChI is InChI=1S/C12H19ClN2O/c1-9(2)15(7-6-14)11-8-10(13)4-5-12(11)16-3/h4-5,8-9H,6-7,14H2,1-3H3. The zero-order valence-electron chi connectivity index (χ0n) is 10.0. The summed E-state index contributed by atoms with van der Waals surface area (Å²) in [6, 6.07) is 5.97. The summed E-state index contributed by atoms with van der Waals surface area (Å²) in [5, 5.41) is 0.707. The molecule has 0 aliphatic rings. The lowest BCUT2D eigenvalue weighted by atomic mass is 10.2. The van der Waals surface area contributed by atoms with Gasteiger partial charge in [0.25, 0.3) is 0 Å². The van der Waals surface area contributed by atoms with Gasteiger partial charge in [0.05, 0.1) is 12.8 Å². The van der Waals surface area contributed by atoms with E-state index in [4.69, 9.17) is 22.1 Å². The van der Waals surface area contributed by atoms with Gasteiger partial charge in [-0.3, -0.25) is 0 Å². The molecule has 1 rings (SSSR count). The Morgan fingerprint density at radius 1 is 1.44 bits per heavy atom.